The Morgan fingerprint density at radius 1 is 1.71 bits per heavy atom. The van der Waals surface area contributed by atoms with E-state index in [0.717, 1.165) is 12.3 Å². The van der Waals surface area contributed by atoms with E-state index in [4.69, 9.17) is 5.73 Å². The SMILES string of the molecule is NCC(CS)C[AsH2]. The van der Waals surface area contributed by atoms with E-state index < -0.39 is 0 Å². The van der Waals surface area contributed by atoms with E-state index in [-0.39, 0.29) is 0 Å². The first-order valence-corrected chi connectivity index (χ1v) is 4.70. The van der Waals surface area contributed by atoms with Gasteiger partial charge in [-0.3, -0.25) is 0 Å². The monoisotopic (exact) mass is 181 g/mol. The van der Waals surface area contributed by atoms with Gasteiger partial charge < -0.3 is 0 Å². The second-order valence-corrected chi connectivity index (χ2v) is 2.87. The van der Waals surface area contributed by atoms with Gasteiger partial charge in [0, 0.05) is 0 Å². The Hall–Kier alpha value is 0.868. The van der Waals surface area contributed by atoms with Gasteiger partial charge in [0.2, 0.25) is 0 Å². The summed E-state index contributed by atoms with van der Waals surface area (Å²) in [5.74, 6) is 1.60. The summed E-state index contributed by atoms with van der Waals surface area (Å²) in [6.45, 7) is 0.793. The predicted octanol–water partition coefficient (Wildman–Crippen LogP) is -0.458. The Morgan fingerprint density at radius 3 is 2.29 bits per heavy atom. The third-order valence-electron chi connectivity index (χ3n) is 0.925. The summed E-state index contributed by atoms with van der Waals surface area (Å²) in [4.78, 5) is 0. The standard InChI is InChI=1S/C4H12AsNS/c5-1-4(2-6)3-7/h4,7H,1-3,5-6H2. The summed E-state index contributed by atoms with van der Waals surface area (Å²) < 4.78 is 0. The molecule has 2 N–H and O–H groups in total. The van der Waals surface area contributed by atoms with Gasteiger partial charge >= 0.3 is 58.6 Å². The van der Waals surface area contributed by atoms with Gasteiger partial charge in [-0.1, -0.05) is 0 Å². The van der Waals surface area contributed by atoms with Crippen molar-refractivity contribution in [3.8, 4) is 0 Å². The Balaban J connectivity index is 2.99. The topological polar surface area (TPSA) is 26.0 Å². The average molecular weight is 181 g/mol. The van der Waals surface area contributed by atoms with E-state index in [1.54, 1.807) is 16.9 Å². The van der Waals surface area contributed by atoms with E-state index in [2.05, 4.69) is 12.6 Å². The third-order valence-corrected chi connectivity index (χ3v) is 2.84. The van der Waals surface area contributed by atoms with Gasteiger partial charge in [-0.2, -0.15) is 0 Å². The molecule has 0 saturated heterocycles. The average Bonchev–Trinajstić information content (AvgIpc) is 1.72. The fourth-order valence-electron chi connectivity index (χ4n) is 0.245. The first-order valence-electron chi connectivity index (χ1n) is 2.36. The molecule has 44 valence electrons. The van der Waals surface area contributed by atoms with E-state index >= 15 is 0 Å². The first-order chi connectivity index (χ1) is 3.35. The summed E-state index contributed by atoms with van der Waals surface area (Å²) in [6.07, 6.45) is 0. The van der Waals surface area contributed by atoms with Crippen molar-refractivity contribution in [2.75, 3.05) is 12.3 Å². The third kappa shape index (κ3) is 3.45. The van der Waals surface area contributed by atoms with Crippen LogP contribution < -0.4 is 5.73 Å². The molecule has 0 rings (SSSR count). The molecule has 0 radical (unpaired) electrons. The molecule has 0 aromatic rings. The Bertz CT molecular complexity index is 33.2. The zero-order valence-corrected chi connectivity index (χ0v) is 7.62. The summed E-state index contributed by atoms with van der Waals surface area (Å²) in [6, 6.07) is 0. The summed E-state index contributed by atoms with van der Waals surface area (Å²) in [7, 11) is 0. The molecule has 0 saturated carbocycles. The van der Waals surface area contributed by atoms with Crippen LogP contribution in [-0.2, 0) is 0 Å². The van der Waals surface area contributed by atoms with Gasteiger partial charge in [0.15, 0.2) is 0 Å². The number of nitrogens with two attached hydrogens (primary N) is 1. The predicted molar refractivity (Wildman–Crippen MR) is 39.7 cm³/mol. The van der Waals surface area contributed by atoms with Gasteiger partial charge in [0.25, 0.3) is 0 Å². The van der Waals surface area contributed by atoms with E-state index in [1.165, 1.54) is 5.21 Å². The zero-order valence-electron chi connectivity index (χ0n) is 4.30. The van der Waals surface area contributed by atoms with Crippen LogP contribution in [0.25, 0.3) is 0 Å². The van der Waals surface area contributed by atoms with Crippen LogP contribution in [-0.4, -0.2) is 29.2 Å². The van der Waals surface area contributed by atoms with Crippen LogP contribution in [0.1, 0.15) is 0 Å². The number of thiol groups is 1. The molecule has 0 aliphatic carbocycles. The molecule has 7 heavy (non-hydrogen) atoms. The fourth-order valence-corrected chi connectivity index (χ4v) is 1.89. The van der Waals surface area contributed by atoms with Crippen molar-refractivity contribution in [2.24, 2.45) is 11.7 Å². The van der Waals surface area contributed by atoms with E-state index in [1.807, 2.05) is 0 Å². The van der Waals surface area contributed by atoms with Crippen LogP contribution in [0.15, 0.2) is 0 Å². The van der Waals surface area contributed by atoms with Gasteiger partial charge in [0.1, 0.15) is 0 Å². The second-order valence-electron chi connectivity index (χ2n) is 1.52. The van der Waals surface area contributed by atoms with Crippen molar-refractivity contribution in [1.82, 2.24) is 0 Å². The van der Waals surface area contributed by atoms with Gasteiger partial charge in [0.05, 0.1) is 0 Å². The molecule has 2 unspecified atom stereocenters. The maximum atomic E-state index is 5.35. The van der Waals surface area contributed by atoms with Crippen LogP contribution in [0, 0.1) is 5.92 Å². The summed E-state index contributed by atoms with van der Waals surface area (Å²) >= 11 is 5.85. The molecule has 0 spiro atoms. The molecule has 0 aliphatic rings. The Labute approximate surface area is 58.9 Å². The Morgan fingerprint density at radius 2 is 2.29 bits per heavy atom. The van der Waals surface area contributed by atoms with Crippen molar-refractivity contribution in [3.63, 3.8) is 0 Å². The van der Waals surface area contributed by atoms with Crippen LogP contribution >= 0.6 is 12.6 Å². The maximum absolute atomic E-state index is 5.35. The van der Waals surface area contributed by atoms with Crippen LogP contribution in [0.4, 0.5) is 0 Å². The minimum atomic E-state index is 0.656. The number of hydrogen-bond acceptors (Lipinski definition) is 2. The molecule has 3 heteroatoms. The van der Waals surface area contributed by atoms with Gasteiger partial charge in [-0.15, -0.1) is 0 Å². The van der Waals surface area contributed by atoms with Gasteiger partial charge in [-0.25, -0.2) is 0 Å². The molecule has 0 aromatic carbocycles. The van der Waals surface area contributed by atoms with Crippen LogP contribution in [0.3, 0.4) is 0 Å². The number of rotatable bonds is 3. The second kappa shape index (κ2) is 5.01. The van der Waals surface area contributed by atoms with Crippen molar-refractivity contribution < 1.29 is 0 Å². The zero-order chi connectivity index (χ0) is 5.70. The molecular formula is C4H12AsNS. The molecule has 0 bridgehead atoms. The summed E-state index contributed by atoms with van der Waals surface area (Å²) in [5.41, 5.74) is 5.35. The molecule has 1 nitrogen and oxygen atoms in total. The van der Waals surface area contributed by atoms with E-state index in [0.29, 0.717) is 5.92 Å². The fraction of sp³-hybridized carbons (Fsp3) is 1.00. The minimum absolute atomic E-state index is 0.656. The molecule has 2 atom stereocenters. The van der Waals surface area contributed by atoms with Crippen molar-refractivity contribution >= 4 is 29.5 Å². The molecule has 0 heterocycles. The van der Waals surface area contributed by atoms with Crippen LogP contribution in [0.2, 0.25) is 5.21 Å². The summed E-state index contributed by atoms with van der Waals surface area (Å²) in [5, 5.41) is 1.22. The van der Waals surface area contributed by atoms with Gasteiger partial charge in [-0.05, 0) is 0 Å². The molecule has 0 amide bonds. The van der Waals surface area contributed by atoms with Crippen LogP contribution in [0.5, 0.6) is 0 Å². The normalized spacial score (nSPS) is 14.1. The molecule has 0 aliphatic heterocycles. The van der Waals surface area contributed by atoms with Crippen molar-refractivity contribution in [1.29, 1.82) is 0 Å². The first kappa shape index (κ1) is 7.87. The number of hydrogen-bond donors (Lipinski definition) is 2. The quantitative estimate of drug-likeness (QED) is 0.447. The van der Waals surface area contributed by atoms with E-state index in [9.17, 15) is 0 Å². The molecular weight excluding hydrogens is 169 g/mol. The Kier molecular flexibility index (Phi) is 5.64. The van der Waals surface area contributed by atoms with Crippen molar-refractivity contribution in [3.05, 3.63) is 0 Å². The molecule has 0 fully saturated rings. The van der Waals surface area contributed by atoms with Crippen molar-refractivity contribution in [2.45, 2.75) is 5.21 Å². The molecule has 0 aromatic heterocycles.